The lowest BCUT2D eigenvalue weighted by atomic mass is 9.68. The van der Waals surface area contributed by atoms with E-state index in [4.69, 9.17) is 23.9 Å². The van der Waals surface area contributed by atoms with Crippen LogP contribution in [-0.4, -0.2) is 9.97 Å². The summed E-state index contributed by atoms with van der Waals surface area (Å²) in [5, 5.41) is 2.18. The van der Waals surface area contributed by atoms with Gasteiger partial charge in [0.05, 0.1) is 16.8 Å². The third kappa shape index (κ3) is 5.51. The van der Waals surface area contributed by atoms with Crippen molar-refractivity contribution in [1.82, 2.24) is 9.97 Å². The maximum atomic E-state index is 7.00. The van der Waals surface area contributed by atoms with Gasteiger partial charge in [-0.25, -0.2) is 9.97 Å². The van der Waals surface area contributed by atoms with Crippen molar-refractivity contribution in [3.05, 3.63) is 241 Å². The number of para-hydroxylation sites is 2. The smallest absolute Gasteiger partial charge is 0.178 e. The number of hydrogen-bond donors (Lipinski definition) is 0. The third-order valence-electron chi connectivity index (χ3n) is 12.9. The topological polar surface area (TPSA) is 57.4 Å². The van der Waals surface area contributed by atoms with E-state index in [0.717, 1.165) is 78.0 Å². The van der Waals surface area contributed by atoms with Crippen LogP contribution in [0.15, 0.2) is 223 Å². The van der Waals surface area contributed by atoms with Crippen LogP contribution >= 0.6 is 0 Å². The Morgan fingerprint density at radius 2 is 0.953 bits per heavy atom. The molecule has 3 heterocycles. The first-order chi connectivity index (χ1) is 31.7. The molecule has 0 spiro atoms. The molecule has 300 valence electrons. The molecule has 0 amide bonds. The highest BCUT2D eigenvalue weighted by molar-refractivity contribution is 6.06. The average Bonchev–Trinajstić information content (AvgIpc) is 3.90. The molecular weight excluding hydrogens is 785 g/mol. The van der Waals surface area contributed by atoms with E-state index in [-0.39, 0.29) is 0 Å². The van der Waals surface area contributed by atoms with E-state index in [1.165, 1.54) is 22.3 Å². The number of nitrogens with zero attached hydrogens (tertiary/aromatic N) is 2. The minimum Gasteiger partial charge on any atom is -0.456 e. The summed E-state index contributed by atoms with van der Waals surface area (Å²) >= 11 is 0. The van der Waals surface area contributed by atoms with Crippen LogP contribution in [0.3, 0.4) is 0 Å². The highest BCUT2D eigenvalue weighted by Crippen LogP contribution is 2.62. The van der Waals surface area contributed by atoms with Crippen LogP contribution in [0.5, 0.6) is 23.0 Å². The van der Waals surface area contributed by atoms with Gasteiger partial charge in [-0.2, -0.15) is 0 Å². The van der Waals surface area contributed by atoms with Crippen LogP contribution < -0.4 is 9.47 Å². The number of benzene rings is 9. The molecule has 9 aromatic carbocycles. The minimum absolute atomic E-state index is 0.538. The van der Waals surface area contributed by atoms with Crippen LogP contribution in [0.2, 0.25) is 0 Å². The molecule has 0 bridgehead atoms. The normalized spacial score (nSPS) is 13.1. The number of ether oxygens (including phenoxy) is 2. The molecule has 0 atom stereocenters. The Hall–Kier alpha value is -8.54. The predicted molar refractivity (Wildman–Crippen MR) is 255 cm³/mol. The van der Waals surface area contributed by atoms with Crippen molar-refractivity contribution < 1.29 is 13.9 Å². The molecule has 0 fully saturated rings. The van der Waals surface area contributed by atoms with Crippen LogP contribution in [0.4, 0.5) is 0 Å². The summed E-state index contributed by atoms with van der Waals surface area (Å²) in [4.78, 5) is 10.3. The zero-order chi connectivity index (χ0) is 42.2. The monoisotopic (exact) mass is 820 g/mol. The second-order valence-electron chi connectivity index (χ2n) is 16.4. The van der Waals surface area contributed by atoms with Gasteiger partial charge < -0.3 is 13.9 Å². The Morgan fingerprint density at radius 3 is 1.73 bits per heavy atom. The molecule has 0 saturated heterocycles. The quantitative estimate of drug-likeness (QED) is 0.167. The Bertz CT molecular complexity index is 3560. The number of aromatic nitrogens is 2. The Morgan fingerprint density at radius 1 is 0.359 bits per heavy atom. The van der Waals surface area contributed by atoms with Gasteiger partial charge in [0.15, 0.2) is 28.8 Å². The van der Waals surface area contributed by atoms with E-state index >= 15 is 0 Å². The summed E-state index contributed by atoms with van der Waals surface area (Å²) in [7, 11) is 0. The molecule has 0 N–H and O–H groups in total. The minimum atomic E-state index is -0.538. The second kappa shape index (κ2) is 14.3. The lowest BCUT2D eigenvalue weighted by Gasteiger charge is -2.34. The molecule has 5 heteroatoms. The van der Waals surface area contributed by atoms with Gasteiger partial charge in [-0.1, -0.05) is 182 Å². The largest absolute Gasteiger partial charge is 0.456 e. The van der Waals surface area contributed by atoms with Crippen molar-refractivity contribution in [3.63, 3.8) is 0 Å². The molecular formula is C59H36N2O3. The fraction of sp³-hybridized carbons (Fsp3) is 0.0169. The zero-order valence-electron chi connectivity index (χ0n) is 34.4. The molecule has 13 rings (SSSR count). The molecule has 11 aromatic rings. The van der Waals surface area contributed by atoms with Gasteiger partial charge in [0.25, 0.3) is 0 Å². The van der Waals surface area contributed by atoms with Gasteiger partial charge in [0.2, 0.25) is 0 Å². The summed E-state index contributed by atoms with van der Waals surface area (Å²) in [6, 6.07) is 75.8. The fourth-order valence-electron chi connectivity index (χ4n) is 9.98. The van der Waals surface area contributed by atoms with Crippen molar-refractivity contribution in [2.75, 3.05) is 0 Å². The van der Waals surface area contributed by atoms with Gasteiger partial charge in [-0.15, -0.1) is 0 Å². The molecule has 2 aliphatic rings. The van der Waals surface area contributed by atoms with Gasteiger partial charge in [-0.05, 0) is 69.8 Å². The summed E-state index contributed by atoms with van der Waals surface area (Å²) in [5.41, 5.74) is 14.6. The van der Waals surface area contributed by atoms with Crippen molar-refractivity contribution >= 4 is 21.9 Å². The van der Waals surface area contributed by atoms with Crippen molar-refractivity contribution in [1.29, 1.82) is 0 Å². The lowest BCUT2D eigenvalue weighted by molar-refractivity contribution is 0.361. The highest BCUT2D eigenvalue weighted by Gasteiger charge is 2.48. The molecule has 0 saturated carbocycles. The van der Waals surface area contributed by atoms with Gasteiger partial charge >= 0.3 is 0 Å². The number of rotatable bonds is 6. The predicted octanol–water partition coefficient (Wildman–Crippen LogP) is 15.3. The van der Waals surface area contributed by atoms with E-state index in [9.17, 15) is 0 Å². The van der Waals surface area contributed by atoms with Crippen molar-refractivity contribution in [2.45, 2.75) is 5.41 Å². The van der Waals surface area contributed by atoms with E-state index < -0.39 is 5.41 Å². The van der Waals surface area contributed by atoms with Gasteiger partial charge in [-0.3, -0.25) is 0 Å². The van der Waals surface area contributed by atoms with Crippen LogP contribution in [-0.2, 0) is 5.41 Å². The van der Waals surface area contributed by atoms with Crippen LogP contribution in [0.1, 0.15) is 22.3 Å². The number of hydrogen-bond acceptors (Lipinski definition) is 5. The Labute approximate surface area is 369 Å². The Balaban J connectivity index is 0.881. The van der Waals surface area contributed by atoms with E-state index in [2.05, 4.69) is 170 Å². The SMILES string of the molecule is c1ccc(-c2cc(-c3ccc4c(c3)oc3ccccc34)nc(-c3ccc(-c4cccc5c4Oc4ccc6c(c4O5)-c4ccccc4C6(c4ccccc4)c4ccccc4)cc3)n2)cc1. The first-order valence-corrected chi connectivity index (χ1v) is 21.5. The van der Waals surface area contributed by atoms with Crippen molar-refractivity contribution in [3.8, 4) is 79.2 Å². The maximum Gasteiger partial charge on any atom is 0.178 e. The molecule has 64 heavy (non-hydrogen) atoms. The summed E-state index contributed by atoms with van der Waals surface area (Å²) in [6.07, 6.45) is 0. The summed E-state index contributed by atoms with van der Waals surface area (Å²) in [5.74, 6) is 3.39. The van der Waals surface area contributed by atoms with Gasteiger partial charge in [0.1, 0.15) is 11.2 Å². The molecule has 1 aliphatic heterocycles. The van der Waals surface area contributed by atoms with Crippen LogP contribution in [0, 0.1) is 0 Å². The number of furan rings is 1. The number of fused-ring (bicyclic) bond motifs is 9. The highest BCUT2D eigenvalue weighted by atomic mass is 16.6. The lowest BCUT2D eigenvalue weighted by Crippen LogP contribution is -2.28. The zero-order valence-corrected chi connectivity index (χ0v) is 34.4. The van der Waals surface area contributed by atoms with Gasteiger partial charge in [0, 0.05) is 38.6 Å². The first-order valence-electron chi connectivity index (χ1n) is 21.5. The average molecular weight is 821 g/mol. The molecule has 1 aliphatic carbocycles. The molecule has 0 radical (unpaired) electrons. The summed E-state index contributed by atoms with van der Waals surface area (Å²) < 4.78 is 20.2. The summed E-state index contributed by atoms with van der Waals surface area (Å²) in [6.45, 7) is 0. The fourth-order valence-corrected chi connectivity index (χ4v) is 9.98. The van der Waals surface area contributed by atoms with Crippen molar-refractivity contribution in [2.24, 2.45) is 0 Å². The second-order valence-corrected chi connectivity index (χ2v) is 16.4. The maximum absolute atomic E-state index is 7.00. The van der Waals surface area contributed by atoms with E-state index in [1.807, 2.05) is 48.5 Å². The standard InChI is InChI=1S/C59H36N2O3/c1-4-15-38(16-5-1)49-36-50(40-31-32-45-44-21-11-13-25-51(44)62-54(45)35-40)61-58(60-49)39-29-27-37(28-30-39)43-23-14-26-52-56(43)63-53-34-33-48-55(57(53)64-52)46-22-10-12-24-47(46)59(48,41-17-6-2-7-18-41)42-19-8-3-9-20-42/h1-36H. The first kappa shape index (κ1) is 36.1. The third-order valence-corrected chi connectivity index (χ3v) is 12.9. The van der Waals surface area contributed by atoms with E-state index in [1.54, 1.807) is 0 Å². The van der Waals surface area contributed by atoms with Crippen LogP contribution in [0.25, 0.3) is 78.1 Å². The molecule has 0 unspecified atom stereocenters. The molecule has 5 nitrogen and oxygen atoms in total. The van der Waals surface area contributed by atoms with E-state index in [0.29, 0.717) is 23.1 Å². The molecule has 2 aromatic heterocycles. The Kier molecular flexibility index (Phi) is 8.06.